The molecule has 0 spiro atoms. The third-order valence-corrected chi connectivity index (χ3v) is 3.93. The van der Waals surface area contributed by atoms with Crippen molar-refractivity contribution in [2.24, 2.45) is 0 Å². The molecule has 28 heavy (non-hydrogen) atoms. The zero-order valence-corrected chi connectivity index (χ0v) is 14.7. The van der Waals surface area contributed by atoms with E-state index in [1.165, 1.54) is 24.3 Å². The van der Waals surface area contributed by atoms with E-state index in [1.54, 1.807) is 0 Å². The summed E-state index contributed by atoms with van der Waals surface area (Å²) in [5, 5.41) is 12.4. The number of aliphatic hydroxyl groups excluding tert-OH is 1. The fourth-order valence-electron chi connectivity index (χ4n) is 2.49. The molecule has 0 fully saturated rings. The van der Waals surface area contributed by atoms with Crippen LogP contribution in [0.4, 0.5) is 17.6 Å². The Balaban J connectivity index is 2.12. The molecule has 9 heteroatoms. The lowest BCUT2D eigenvalue weighted by Crippen LogP contribution is -2.45. The quantitative estimate of drug-likeness (QED) is 0.579. The number of alkyl halides is 3. The van der Waals surface area contributed by atoms with Crippen LogP contribution in [-0.4, -0.2) is 30.1 Å². The fourth-order valence-corrected chi connectivity index (χ4v) is 2.49. The first-order chi connectivity index (χ1) is 13.1. The Morgan fingerprint density at radius 2 is 1.79 bits per heavy atom. The molecule has 0 aliphatic rings. The van der Waals surface area contributed by atoms with Crippen molar-refractivity contribution < 1.29 is 37.0 Å². The molecule has 0 aliphatic heterocycles. The van der Waals surface area contributed by atoms with Crippen LogP contribution in [0.15, 0.2) is 48.5 Å². The van der Waals surface area contributed by atoms with Gasteiger partial charge in [-0.05, 0) is 35.4 Å². The number of amides is 1. The summed E-state index contributed by atoms with van der Waals surface area (Å²) in [5.74, 6) is -2.36. The Hall–Kier alpha value is -2.94. The van der Waals surface area contributed by atoms with Gasteiger partial charge >= 0.3 is 12.1 Å². The average molecular weight is 399 g/mol. The minimum atomic E-state index is -4.55. The van der Waals surface area contributed by atoms with Crippen LogP contribution < -0.4 is 5.32 Å². The maximum atomic E-state index is 13.3. The van der Waals surface area contributed by atoms with Crippen molar-refractivity contribution >= 4 is 11.9 Å². The molecular formula is C19H17F4NO4. The van der Waals surface area contributed by atoms with E-state index < -0.39 is 41.6 Å². The first kappa shape index (κ1) is 21.4. The number of aliphatic hydroxyl groups is 1. The van der Waals surface area contributed by atoms with Gasteiger partial charge in [0.15, 0.2) is 6.10 Å². The zero-order valence-electron chi connectivity index (χ0n) is 14.7. The number of esters is 1. The standard InChI is InChI=1S/C19H17F4NO4/c1-28-18(27)15(10-11-3-2-4-14(20)9-11)24-17(26)16(25)12-5-7-13(8-6-12)19(21,22)23/h2-9,15-16,25H,10H2,1H3,(H,24,26)/t15-,16-/m1/s1. The van der Waals surface area contributed by atoms with Gasteiger partial charge in [0.05, 0.1) is 12.7 Å². The summed E-state index contributed by atoms with van der Waals surface area (Å²) in [6.45, 7) is 0. The van der Waals surface area contributed by atoms with E-state index in [1.807, 2.05) is 0 Å². The van der Waals surface area contributed by atoms with Gasteiger partial charge in [-0.15, -0.1) is 0 Å². The maximum absolute atomic E-state index is 13.3. The third-order valence-electron chi connectivity index (χ3n) is 3.93. The van der Waals surface area contributed by atoms with Crippen LogP contribution >= 0.6 is 0 Å². The second-order valence-corrected chi connectivity index (χ2v) is 5.94. The van der Waals surface area contributed by atoms with Crippen LogP contribution in [0.3, 0.4) is 0 Å². The molecule has 2 aromatic carbocycles. The number of carbonyl (C=O) groups excluding carboxylic acids is 2. The molecule has 150 valence electrons. The van der Waals surface area contributed by atoms with Crippen LogP contribution in [0.25, 0.3) is 0 Å². The highest BCUT2D eigenvalue weighted by Crippen LogP contribution is 2.30. The molecule has 0 saturated carbocycles. The number of rotatable bonds is 6. The number of methoxy groups -OCH3 is 1. The second kappa shape index (κ2) is 8.83. The van der Waals surface area contributed by atoms with Crippen molar-refractivity contribution in [1.82, 2.24) is 5.32 Å². The van der Waals surface area contributed by atoms with Crippen LogP contribution in [0.1, 0.15) is 22.8 Å². The second-order valence-electron chi connectivity index (χ2n) is 5.94. The average Bonchev–Trinajstić information content (AvgIpc) is 2.65. The van der Waals surface area contributed by atoms with Crippen molar-refractivity contribution in [2.45, 2.75) is 24.7 Å². The highest BCUT2D eigenvalue weighted by molar-refractivity contribution is 5.87. The highest BCUT2D eigenvalue weighted by Gasteiger charge is 2.31. The van der Waals surface area contributed by atoms with Gasteiger partial charge in [-0.2, -0.15) is 13.2 Å². The van der Waals surface area contributed by atoms with E-state index in [4.69, 9.17) is 0 Å². The van der Waals surface area contributed by atoms with Crippen LogP contribution in [0, 0.1) is 5.82 Å². The van der Waals surface area contributed by atoms with Gasteiger partial charge in [0.1, 0.15) is 11.9 Å². The predicted molar refractivity (Wildman–Crippen MR) is 90.5 cm³/mol. The molecule has 0 aliphatic carbocycles. The predicted octanol–water partition coefficient (Wildman–Crippen LogP) is 2.78. The molecule has 0 bridgehead atoms. The van der Waals surface area contributed by atoms with Crippen LogP contribution in [0.2, 0.25) is 0 Å². The van der Waals surface area contributed by atoms with Crippen molar-refractivity contribution in [2.75, 3.05) is 7.11 Å². The summed E-state index contributed by atoms with van der Waals surface area (Å²) in [6, 6.07) is 7.53. The van der Waals surface area contributed by atoms with Crippen LogP contribution in [-0.2, 0) is 26.9 Å². The monoisotopic (exact) mass is 399 g/mol. The van der Waals surface area contributed by atoms with Gasteiger partial charge in [0.2, 0.25) is 0 Å². The lowest BCUT2D eigenvalue weighted by molar-refractivity contribution is -0.146. The van der Waals surface area contributed by atoms with E-state index in [0.717, 1.165) is 31.4 Å². The lowest BCUT2D eigenvalue weighted by Gasteiger charge is -2.19. The van der Waals surface area contributed by atoms with E-state index in [2.05, 4.69) is 10.1 Å². The van der Waals surface area contributed by atoms with Crippen molar-refractivity contribution in [3.05, 3.63) is 71.0 Å². The van der Waals surface area contributed by atoms with Crippen molar-refractivity contribution in [1.29, 1.82) is 0 Å². The van der Waals surface area contributed by atoms with Gasteiger partial charge in [-0.25, -0.2) is 9.18 Å². The number of ether oxygens (including phenoxy) is 1. The highest BCUT2D eigenvalue weighted by atomic mass is 19.4. The first-order valence-corrected chi connectivity index (χ1v) is 8.09. The van der Waals surface area contributed by atoms with Gasteiger partial charge in [0.25, 0.3) is 5.91 Å². The molecule has 0 radical (unpaired) electrons. The number of hydrogen-bond acceptors (Lipinski definition) is 4. The Kier molecular flexibility index (Phi) is 6.74. The summed E-state index contributed by atoms with van der Waals surface area (Å²) in [6.07, 6.45) is -6.45. The molecule has 0 saturated heterocycles. The van der Waals surface area contributed by atoms with Gasteiger partial charge in [-0.1, -0.05) is 24.3 Å². The summed E-state index contributed by atoms with van der Waals surface area (Å²) in [4.78, 5) is 24.2. The third kappa shape index (κ3) is 5.53. The van der Waals surface area contributed by atoms with E-state index >= 15 is 0 Å². The molecule has 0 unspecified atom stereocenters. The normalized spacial score (nSPS) is 13.5. The SMILES string of the molecule is COC(=O)[C@@H](Cc1cccc(F)c1)NC(=O)[C@H](O)c1ccc(C(F)(F)F)cc1. The van der Waals surface area contributed by atoms with Crippen LogP contribution in [0.5, 0.6) is 0 Å². The van der Waals surface area contributed by atoms with Gasteiger partial charge in [0, 0.05) is 6.42 Å². The molecule has 2 aromatic rings. The molecule has 2 atom stereocenters. The number of carbonyl (C=O) groups is 2. The number of halogens is 4. The van der Waals surface area contributed by atoms with Crippen molar-refractivity contribution in [3.8, 4) is 0 Å². The Morgan fingerprint density at radius 1 is 1.14 bits per heavy atom. The first-order valence-electron chi connectivity index (χ1n) is 8.09. The summed E-state index contributed by atoms with van der Waals surface area (Å²) < 4.78 is 55.7. The maximum Gasteiger partial charge on any atom is 0.416 e. The lowest BCUT2D eigenvalue weighted by atomic mass is 10.0. The topological polar surface area (TPSA) is 75.6 Å². The minimum absolute atomic E-state index is 0.0835. The van der Waals surface area contributed by atoms with Crippen molar-refractivity contribution in [3.63, 3.8) is 0 Å². The Labute approximate surface area is 157 Å². The van der Waals surface area contributed by atoms with E-state index in [-0.39, 0.29) is 12.0 Å². The zero-order chi connectivity index (χ0) is 20.9. The largest absolute Gasteiger partial charge is 0.467 e. The Bertz CT molecular complexity index is 837. The molecular weight excluding hydrogens is 382 g/mol. The molecule has 2 rings (SSSR count). The number of nitrogens with one attached hydrogen (secondary N) is 1. The minimum Gasteiger partial charge on any atom is -0.467 e. The van der Waals surface area contributed by atoms with E-state index in [0.29, 0.717) is 5.56 Å². The van der Waals surface area contributed by atoms with Gasteiger partial charge < -0.3 is 15.2 Å². The Morgan fingerprint density at radius 3 is 2.32 bits per heavy atom. The molecule has 1 amide bonds. The number of hydrogen-bond donors (Lipinski definition) is 2. The van der Waals surface area contributed by atoms with Gasteiger partial charge in [-0.3, -0.25) is 4.79 Å². The molecule has 0 heterocycles. The number of benzene rings is 2. The summed E-state index contributed by atoms with van der Waals surface area (Å²) in [5.41, 5.74) is -0.609. The fraction of sp³-hybridized carbons (Fsp3) is 0.263. The summed E-state index contributed by atoms with van der Waals surface area (Å²) in [7, 11) is 1.10. The van der Waals surface area contributed by atoms with E-state index in [9.17, 15) is 32.3 Å². The smallest absolute Gasteiger partial charge is 0.416 e. The summed E-state index contributed by atoms with van der Waals surface area (Å²) >= 11 is 0. The molecule has 0 aromatic heterocycles. The molecule has 5 nitrogen and oxygen atoms in total. The molecule has 2 N–H and O–H groups in total.